The standard InChI is InChI=1S/C13H12F2N2O/c1-2-17-6-5-16-13(17)8-12(18)10-7-9(14)3-4-11(10)15/h3-7H,2,8H2,1H3. The highest BCUT2D eigenvalue weighted by Crippen LogP contribution is 2.13. The predicted molar refractivity (Wildman–Crippen MR) is 62.3 cm³/mol. The van der Waals surface area contributed by atoms with Crippen LogP contribution in [0, 0.1) is 11.6 Å². The number of benzene rings is 1. The summed E-state index contributed by atoms with van der Waals surface area (Å²) in [7, 11) is 0. The van der Waals surface area contributed by atoms with Crippen LogP contribution in [-0.2, 0) is 13.0 Å². The average molecular weight is 250 g/mol. The van der Waals surface area contributed by atoms with Gasteiger partial charge in [0, 0.05) is 18.9 Å². The molecule has 0 amide bonds. The fourth-order valence-electron chi connectivity index (χ4n) is 1.75. The number of carbonyl (C=O) groups is 1. The van der Waals surface area contributed by atoms with Crippen LogP contribution in [0.3, 0.4) is 0 Å². The van der Waals surface area contributed by atoms with Crippen molar-refractivity contribution in [1.29, 1.82) is 0 Å². The number of ketones is 1. The first-order valence-corrected chi connectivity index (χ1v) is 5.60. The highest BCUT2D eigenvalue weighted by atomic mass is 19.1. The summed E-state index contributed by atoms with van der Waals surface area (Å²) < 4.78 is 28.2. The lowest BCUT2D eigenvalue weighted by molar-refractivity contribution is 0.0985. The molecule has 1 aromatic heterocycles. The Morgan fingerprint density at radius 1 is 1.39 bits per heavy atom. The van der Waals surface area contributed by atoms with Gasteiger partial charge in [-0.3, -0.25) is 4.79 Å². The van der Waals surface area contributed by atoms with Gasteiger partial charge in [0.2, 0.25) is 0 Å². The second-order valence-electron chi connectivity index (χ2n) is 3.85. The van der Waals surface area contributed by atoms with E-state index < -0.39 is 17.4 Å². The number of nitrogens with zero attached hydrogens (tertiary/aromatic N) is 2. The van der Waals surface area contributed by atoms with Crippen molar-refractivity contribution in [3.8, 4) is 0 Å². The molecule has 0 N–H and O–H groups in total. The molecule has 0 spiro atoms. The van der Waals surface area contributed by atoms with E-state index in [1.807, 2.05) is 6.92 Å². The molecule has 94 valence electrons. The molecule has 0 radical (unpaired) electrons. The van der Waals surface area contributed by atoms with Gasteiger partial charge >= 0.3 is 0 Å². The van der Waals surface area contributed by atoms with Crippen LogP contribution in [0.1, 0.15) is 23.1 Å². The van der Waals surface area contributed by atoms with Crippen molar-refractivity contribution in [2.45, 2.75) is 19.9 Å². The Kier molecular flexibility index (Phi) is 3.50. The summed E-state index contributed by atoms with van der Waals surface area (Å²) in [6, 6.07) is 2.85. The topological polar surface area (TPSA) is 34.9 Å². The zero-order valence-electron chi connectivity index (χ0n) is 9.86. The smallest absolute Gasteiger partial charge is 0.173 e. The molecule has 0 aliphatic heterocycles. The molecule has 0 aliphatic rings. The normalized spacial score (nSPS) is 10.6. The molecule has 0 atom stereocenters. The number of carbonyl (C=O) groups excluding carboxylic acids is 1. The van der Waals surface area contributed by atoms with Crippen LogP contribution in [-0.4, -0.2) is 15.3 Å². The molecule has 0 saturated carbocycles. The number of hydrogen-bond donors (Lipinski definition) is 0. The maximum absolute atomic E-state index is 13.4. The maximum Gasteiger partial charge on any atom is 0.173 e. The average Bonchev–Trinajstić information content (AvgIpc) is 2.79. The molecule has 0 fully saturated rings. The Bertz CT molecular complexity index is 578. The minimum atomic E-state index is -0.712. The number of halogens is 2. The quantitative estimate of drug-likeness (QED) is 0.782. The van der Waals surface area contributed by atoms with Gasteiger partial charge in [0.25, 0.3) is 0 Å². The summed E-state index contributed by atoms with van der Waals surface area (Å²) in [5.41, 5.74) is -0.236. The van der Waals surface area contributed by atoms with Crippen molar-refractivity contribution in [3.63, 3.8) is 0 Å². The molecule has 18 heavy (non-hydrogen) atoms. The molecule has 2 aromatic rings. The Balaban J connectivity index is 2.25. The van der Waals surface area contributed by atoms with Gasteiger partial charge in [0.05, 0.1) is 12.0 Å². The van der Waals surface area contributed by atoms with Crippen molar-refractivity contribution in [1.82, 2.24) is 9.55 Å². The number of rotatable bonds is 4. The lowest BCUT2D eigenvalue weighted by atomic mass is 10.1. The van der Waals surface area contributed by atoms with E-state index in [1.54, 1.807) is 17.0 Å². The van der Waals surface area contributed by atoms with E-state index in [9.17, 15) is 13.6 Å². The fourth-order valence-corrected chi connectivity index (χ4v) is 1.75. The molecule has 1 aromatic carbocycles. The van der Waals surface area contributed by atoms with Crippen LogP contribution in [0.4, 0.5) is 8.78 Å². The molecule has 5 heteroatoms. The minimum absolute atomic E-state index is 0.0405. The largest absolute Gasteiger partial charge is 0.335 e. The number of aryl methyl sites for hydroxylation is 1. The molecule has 0 saturated heterocycles. The Morgan fingerprint density at radius 2 is 2.17 bits per heavy atom. The molecule has 1 heterocycles. The van der Waals surface area contributed by atoms with Gasteiger partial charge in [-0.2, -0.15) is 0 Å². The molecule has 0 bridgehead atoms. The third-order valence-electron chi connectivity index (χ3n) is 2.69. The fraction of sp³-hybridized carbons (Fsp3) is 0.231. The number of Topliss-reactive ketones (excluding diaryl/α,β-unsaturated/α-hetero) is 1. The summed E-state index contributed by atoms with van der Waals surface area (Å²) in [4.78, 5) is 15.9. The summed E-state index contributed by atoms with van der Waals surface area (Å²) in [5, 5.41) is 0. The highest BCUT2D eigenvalue weighted by molar-refractivity contribution is 5.97. The van der Waals surface area contributed by atoms with Crippen LogP contribution in [0.5, 0.6) is 0 Å². The molecule has 0 unspecified atom stereocenters. The second kappa shape index (κ2) is 5.08. The molecular weight excluding hydrogens is 238 g/mol. The summed E-state index contributed by atoms with van der Waals surface area (Å²) in [5.74, 6) is -1.27. The minimum Gasteiger partial charge on any atom is -0.335 e. The lowest BCUT2D eigenvalue weighted by Gasteiger charge is -2.05. The second-order valence-corrected chi connectivity index (χ2v) is 3.85. The number of hydrogen-bond acceptors (Lipinski definition) is 2. The zero-order chi connectivity index (χ0) is 13.1. The molecule has 2 rings (SSSR count). The van der Waals surface area contributed by atoms with Gasteiger partial charge in [-0.05, 0) is 25.1 Å². The van der Waals surface area contributed by atoms with Gasteiger partial charge in [-0.15, -0.1) is 0 Å². The van der Waals surface area contributed by atoms with Gasteiger partial charge in [-0.1, -0.05) is 0 Å². The third kappa shape index (κ3) is 2.45. The first-order valence-electron chi connectivity index (χ1n) is 5.60. The van der Waals surface area contributed by atoms with E-state index in [1.165, 1.54) is 0 Å². The van der Waals surface area contributed by atoms with Crippen LogP contribution < -0.4 is 0 Å². The van der Waals surface area contributed by atoms with Gasteiger partial charge < -0.3 is 4.57 Å². The Morgan fingerprint density at radius 3 is 2.89 bits per heavy atom. The number of aromatic nitrogens is 2. The van der Waals surface area contributed by atoms with Crippen molar-refractivity contribution in [2.24, 2.45) is 0 Å². The van der Waals surface area contributed by atoms with Crippen LogP contribution in [0.25, 0.3) is 0 Å². The first-order chi connectivity index (χ1) is 8.61. The van der Waals surface area contributed by atoms with Gasteiger partial charge in [0.15, 0.2) is 5.78 Å². The lowest BCUT2D eigenvalue weighted by Crippen LogP contribution is -2.11. The van der Waals surface area contributed by atoms with Crippen LogP contribution >= 0.6 is 0 Å². The van der Waals surface area contributed by atoms with E-state index in [0.29, 0.717) is 12.4 Å². The van der Waals surface area contributed by atoms with E-state index in [4.69, 9.17) is 0 Å². The van der Waals surface area contributed by atoms with Crippen LogP contribution in [0.15, 0.2) is 30.6 Å². The Hall–Kier alpha value is -2.04. The van der Waals surface area contributed by atoms with Gasteiger partial charge in [-0.25, -0.2) is 13.8 Å². The highest BCUT2D eigenvalue weighted by Gasteiger charge is 2.15. The van der Waals surface area contributed by atoms with E-state index in [2.05, 4.69) is 4.98 Å². The van der Waals surface area contributed by atoms with Crippen molar-refractivity contribution >= 4 is 5.78 Å². The first kappa shape index (κ1) is 12.4. The van der Waals surface area contributed by atoms with Crippen molar-refractivity contribution in [2.75, 3.05) is 0 Å². The van der Waals surface area contributed by atoms with Crippen molar-refractivity contribution < 1.29 is 13.6 Å². The summed E-state index contributed by atoms with van der Waals surface area (Å²) in [6.45, 7) is 2.59. The third-order valence-corrected chi connectivity index (χ3v) is 2.69. The summed E-state index contributed by atoms with van der Waals surface area (Å²) in [6.07, 6.45) is 3.28. The zero-order valence-corrected chi connectivity index (χ0v) is 9.86. The summed E-state index contributed by atoms with van der Waals surface area (Å²) >= 11 is 0. The SMILES string of the molecule is CCn1ccnc1CC(=O)c1cc(F)ccc1F. The number of imidazole rings is 1. The monoisotopic (exact) mass is 250 g/mol. The van der Waals surface area contributed by atoms with Gasteiger partial charge in [0.1, 0.15) is 17.5 Å². The van der Waals surface area contributed by atoms with E-state index >= 15 is 0 Å². The molecule has 0 aliphatic carbocycles. The maximum atomic E-state index is 13.4. The van der Waals surface area contributed by atoms with E-state index in [0.717, 1.165) is 18.2 Å². The van der Waals surface area contributed by atoms with Crippen molar-refractivity contribution in [3.05, 3.63) is 53.6 Å². The Labute approximate surface area is 103 Å². The molecular formula is C13H12F2N2O. The molecule has 3 nitrogen and oxygen atoms in total. The predicted octanol–water partition coefficient (Wildman–Crippen LogP) is 2.61. The van der Waals surface area contributed by atoms with E-state index in [-0.39, 0.29) is 12.0 Å². The van der Waals surface area contributed by atoms with Crippen LogP contribution in [0.2, 0.25) is 0 Å².